The van der Waals surface area contributed by atoms with Crippen LogP contribution >= 0.6 is 0 Å². The molecule has 2 aliphatic heterocycles. The predicted molar refractivity (Wildman–Crippen MR) is 86.7 cm³/mol. The van der Waals surface area contributed by atoms with Gasteiger partial charge in [0.15, 0.2) is 0 Å². The summed E-state index contributed by atoms with van der Waals surface area (Å²) in [5.41, 5.74) is 5.71. The highest BCUT2D eigenvalue weighted by Gasteiger charge is 2.40. The molecule has 2 N–H and O–H groups in total. The van der Waals surface area contributed by atoms with Crippen LogP contribution in [0.1, 0.15) is 44.9 Å². The molecule has 0 unspecified atom stereocenters. The smallest absolute Gasteiger partial charge is 0.242 e. The van der Waals surface area contributed by atoms with Gasteiger partial charge in [0.05, 0.1) is 18.8 Å². The number of likely N-dealkylation sites (tertiary alicyclic amines) is 1. The van der Waals surface area contributed by atoms with E-state index in [1.807, 2.05) is 9.80 Å². The lowest BCUT2D eigenvalue weighted by molar-refractivity contribution is -0.146. The van der Waals surface area contributed by atoms with Gasteiger partial charge in [-0.2, -0.15) is 0 Å². The molecule has 130 valence electrons. The molecule has 6 nitrogen and oxygen atoms in total. The van der Waals surface area contributed by atoms with Crippen LogP contribution in [0.4, 0.5) is 0 Å². The summed E-state index contributed by atoms with van der Waals surface area (Å²) in [5, 5.41) is 0. The molecular formula is C17H29N3O3. The third-order valence-corrected chi connectivity index (χ3v) is 5.63. The Balaban J connectivity index is 1.51. The molecule has 1 aliphatic carbocycles. The number of carbonyl (C=O) groups excluding carboxylic acids is 2. The number of carbonyl (C=O) groups is 2. The van der Waals surface area contributed by atoms with Crippen LogP contribution in [0.25, 0.3) is 0 Å². The van der Waals surface area contributed by atoms with Crippen molar-refractivity contribution in [1.82, 2.24) is 9.80 Å². The average molecular weight is 323 g/mol. The fourth-order valence-corrected chi connectivity index (χ4v) is 4.08. The van der Waals surface area contributed by atoms with Gasteiger partial charge in [0.25, 0.3) is 0 Å². The summed E-state index contributed by atoms with van der Waals surface area (Å²) in [6.07, 6.45) is 6.41. The van der Waals surface area contributed by atoms with Gasteiger partial charge in [-0.1, -0.05) is 19.3 Å². The van der Waals surface area contributed by atoms with Crippen molar-refractivity contribution in [3.8, 4) is 0 Å². The van der Waals surface area contributed by atoms with Crippen LogP contribution in [-0.4, -0.2) is 66.5 Å². The number of hydrogen-bond donors (Lipinski definition) is 1. The van der Waals surface area contributed by atoms with Gasteiger partial charge >= 0.3 is 0 Å². The van der Waals surface area contributed by atoms with Gasteiger partial charge in [-0.05, 0) is 25.7 Å². The normalized spacial score (nSPS) is 26.1. The van der Waals surface area contributed by atoms with E-state index in [2.05, 4.69) is 0 Å². The second-order valence-corrected chi connectivity index (χ2v) is 7.22. The zero-order chi connectivity index (χ0) is 16.3. The van der Waals surface area contributed by atoms with Crippen molar-refractivity contribution in [2.24, 2.45) is 11.7 Å². The zero-order valence-corrected chi connectivity index (χ0v) is 14.0. The molecule has 23 heavy (non-hydrogen) atoms. The van der Waals surface area contributed by atoms with Crippen LogP contribution in [0, 0.1) is 5.92 Å². The quantitative estimate of drug-likeness (QED) is 0.813. The number of nitrogens with two attached hydrogens (primary N) is 1. The largest absolute Gasteiger partial charge is 0.378 e. The predicted octanol–water partition coefficient (Wildman–Crippen LogP) is 0.745. The van der Waals surface area contributed by atoms with Crippen LogP contribution in [0.3, 0.4) is 0 Å². The van der Waals surface area contributed by atoms with Crippen LogP contribution < -0.4 is 5.73 Å². The molecule has 0 bridgehead atoms. The molecule has 0 spiro atoms. The summed E-state index contributed by atoms with van der Waals surface area (Å²) in [6.45, 7) is 4.00. The van der Waals surface area contributed by atoms with E-state index in [4.69, 9.17) is 10.5 Å². The number of hydrogen-bond acceptors (Lipinski definition) is 4. The number of rotatable bonds is 2. The van der Waals surface area contributed by atoms with Gasteiger partial charge in [-0.25, -0.2) is 0 Å². The van der Waals surface area contributed by atoms with Crippen molar-refractivity contribution >= 4 is 11.8 Å². The number of nitrogens with zero attached hydrogens (tertiary/aromatic N) is 2. The Morgan fingerprint density at radius 2 is 1.52 bits per heavy atom. The van der Waals surface area contributed by atoms with Crippen molar-refractivity contribution in [1.29, 1.82) is 0 Å². The Hall–Kier alpha value is -1.14. The maximum Gasteiger partial charge on any atom is 0.242 e. The maximum atomic E-state index is 12.7. The van der Waals surface area contributed by atoms with Crippen LogP contribution in [0.2, 0.25) is 0 Å². The number of ether oxygens (including phenoxy) is 1. The zero-order valence-electron chi connectivity index (χ0n) is 14.0. The van der Waals surface area contributed by atoms with Crippen LogP contribution in [-0.2, 0) is 14.3 Å². The SMILES string of the molecule is NC1(C(=O)N2CCC(C(=O)N3CCOCC3)CC2)CCCCC1. The highest BCUT2D eigenvalue weighted by molar-refractivity contribution is 5.86. The topological polar surface area (TPSA) is 75.9 Å². The lowest BCUT2D eigenvalue weighted by atomic mass is 9.81. The molecule has 2 heterocycles. The number of amides is 2. The summed E-state index contributed by atoms with van der Waals surface area (Å²) >= 11 is 0. The summed E-state index contributed by atoms with van der Waals surface area (Å²) in [5.74, 6) is 0.396. The first-order valence-electron chi connectivity index (χ1n) is 9.05. The second kappa shape index (κ2) is 7.18. The van der Waals surface area contributed by atoms with Gasteiger partial charge in [-0.3, -0.25) is 9.59 Å². The average Bonchev–Trinajstić information content (AvgIpc) is 2.62. The van der Waals surface area contributed by atoms with Gasteiger partial charge < -0.3 is 20.3 Å². The van der Waals surface area contributed by atoms with Crippen LogP contribution in [0.15, 0.2) is 0 Å². The molecule has 0 aromatic carbocycles. The Morgan fingerprint density at radius 1 is 0.913 bits per heavy atom. The molecule has 6 heteroatoms. The molecule has 3 aliphatic rings. The Kier molecular flexibility index (Phi) is 5.21. The molecule has 0 aromatic heterocycles. The van der Waals surface area contributed by atoms with E-state index in [9.17, 15) is 9.59 Å². The number of morpholine rings is 1. The van der Waals surface area contributed by atoms with Crippen LogP contribution in [0.5, 0.6) is 0 Å². The lowest BCUT2D eigenvalue weighted by Crippen LogP contribution is -2.58. The fourth-order valence-electron chi connectivity index (χ4n) is 4.08. The molecule has 1 saturated carbocycles. The van der Waals surface area contributed by atoms with E-state index in [0.717, 1.165) is 38.5 Å². The van der Waals surface area contributed by atoms with Crippen molar-refractivity contribution < 1.29 is 14.3 Å². The van der Waals surface area contributed by atoms with Crippen molar-refractivity contribution in [3.05, 3.63) is 0 Å². The minimum absolute atomic E-state index is 0.0530. The number of piperidine rings is 1. The highest BCUT2D eigenvalue weighted by atomic mass is 16.5. The minimum atomic E-state index is -0.653. The van der Waals surface area contributed by atoms with Crippen molar-refractivity contribution in [3.63, 3.8) is 0 Å². The summed E-state index contributed by atoms with van der Waals surface area (Å²) in [7, 11) is 0. The fraction of sp³-hybridized carbons (Fsp3) is 0.882. The van der Waals surface area contributed by atoms with E-state index in [0.29, 0.717) is 39.4 Å². The molecule has 0 aromatic rings. The minimum Gasteiger partial charge on any atom is -0.378 e. The maximum absolute atomic E-state index is 12.7. The monoisotopic (exact) mass is 323 g/mol. The van der Waals surface area contributed by atoms with Gasteiger partial charge in [-0.15, -0.1) is 0 Å². The van der Waals surface area contributed by atoms with Crippen molar-refractivity contribution in [2.75, 3.05) is 39.4 Å². The third kappa shape index (κ3) is 3.69. The Morgan fingerprint density at radius 3 is 2.13 bits per heavy atom. The van der Waals surface area contributed by atoms with Gasteiger partial charge in [0, 0.05) is 32.1 Å². The van der Waals surface area contributed by atoms with Gasteiger partial charge in [0.2, 0.25) is 11.8 Å². The molecule has 3 fully saturated rings. The van der Waals surface area contributed by atoms with E-state index in [1.165, 1.54) is 6.42 Å². The first-order chi connectivity index (χ1) is 11.1. The summed E-state index contributed by atoms with van der Waals surface area (Å²) < 4.78 is 5.30. The molecule has 3 rings (SSSR count). The Bertz CT molecular complexity index is 434. The summed E-state index contributed by atoms with van der Waals surface area (Å²) in [4.78, 5) is 29.1. The van der Waals surface area contributed by atoms with E-state index < -0.39 is 5.54 Å². The Labute approximate surface area is 138 Å². The van der Waals surface area contributed by atoms with Crippen molar-refractivity contribution in [2.45, 2.75) is 50.5 Å². The lowest BCUT2D eigenvalue weighted by Gasteiger charge is -2.40. The van der Waals surface area contributed by atoms with E-state index in [-0.39, 0.29) is 17.7 Å². The van der Waals surface area contributed by atoms with E-state index >= 15 is 0 Å². The first-order valence-corrected chi connectivity index (χ1v) is 9.05. The standard InChI is InChI=1S/C17H29N3O3/c18-17(6-2-1-3-7-17)16(22)20-8-4-14(5-9-20)15(21)19-10-12-23-13-11-19/h14H,1-13,18H2. The first kappa shape index (κ1) is 16.7. The molecule has 0 atom stereocenters. The highest BCUT2D eigenvalue weighted by Crippen LogP contribution is 2.29. The molecule has 2 amide bonds. The third-order valence-electron chi connectivity index (χ3n) is 5.63. The molecule has 0 radical (unpaired) electrons. The second-order valence-electron chi connectivity index (χ2n) is 7.22. The molecule has 2 saturated heterocycles. The van der Waals surface area contributed by atoms with Gasteiger partial charge in [0.1, 0.15) is 0 Å². The summed E-state index contributed by atoms with van der Waals surface area (Å²) in [6, 6.07) is 0. The molecular weight excluding hydrogens is 294 g/mol. The van der Waals surface area contributed by atoms with E-state index in [1.54, 1.807) is 0 Å².